The van der Waals surface area contributed by atoms with Crippen LogP contribution in [0.5, 0.6) is 0 Å². The number of aryl methyl sites for hydroxylation is 1. The highest BCUT2D eigenvalue weighted by molar-refractivity contribution is 9.10. The third-order valence-electron chi connectivity index (χ3n) is 3.65. The average Bonchev–Trinajstić information content (AvgIpc) is 3.30. The number of hydrogen-bond acceptors (Lipinski definition) is 6. The third-order valence-corrected chi connectivity index (χ3v) is 6.14. The smallest absolute Gasteiger partial charge is 0.260 e. The van der Waals surface area contributed by atoms with Gasteiger partial charge < -0.3 is 9.32 Å². The van der Waals surface area contributed by atoms with Crippen molar-refractivity contribution in [2.45, 2.75) is 19.9 Å². The van der Waals surface area contributed by atoms with Gasteiger partial charge in [0.2, 0.25) is 5.91 Å². The second kappa shape index (κ2) is 8.15. The Balaban J connectivity index is 1.56. The minimum absolute atomic E-state index is 0.0246. The molecule has 0 aliphatic rings. The SMILES string of the molecule is Cc1occc1C(=O)Nc1nc(CC(=O)N(C)Cc2cc(Br)cs2)cs1. The minimum Gasteiger partial charge on any atom is -0.469 e. The molecule has 0 unspecified atom stereocenters. The minimum atomic E-state index is -0.274. The van der Waals surface area contributed by atoms with Crippen LogP contribution in [0.3, 0.4) is 0 Å². The zero-order valence-electron chi connectivity index (χ0n) is 14.1. The highest BCUT2D eigenvalue weighted by atomic mass is 79.9. The molecule has 3 heterocycles. The summed E-state index contributed by atoms with van der Waals surface area (Å²) in [6.45, 7) is 2.28. The van der Waals surface area contributed by atoms with Crippen LogP contribution >= 0.6 is 38.6 Å². The van der Waals surface area contributed by atoms with E-state index in [1.165, 1.54) is 17.6 Å². The Morgan fingerprint density at radius 3 is 2.81 bits per heavy atom. The first kappa shape index (κ1) is 18.8. The van der Waals surface area contributed by atoms with Crippen LogP contribution in [0.15, 0.2) is 38.0 Å². The van der Waals surface area contributed by atoms with Crippen LogP contribution in [-0.4, -0.2) is 28.7 Å². The molecule has 0 radical (unpaired) electrons. The first-order chi connectivity index (χ1) is 12.4. The van der Waals surface area contributed by atoms with E-state index in [-0.39, 0.29) is 18.2 Å². The number of anilines is 1. The lowest BCUT2D eigenvalue weighted by molar-refractivity contribution is -0.129. The van der Waals surface area contributed by atoms with Crippen molar-refractivity contribution in [1.29, 1.82) is 0 Å². The van der Waals surface area contributed by atoms with E-state index in [2.05, 4.69) is 26.2 Å². The van der Waals surface area contributed by atoms with Gasteiger partial charge in [-0.15, -0.1) is 22.7 Å². The molecule has 136 valence electrons. The van der Waals surface area contributed by atoms with E-state index < -0.39 is 0 Å². The van der Waals surface area contributed by atoms with Crippen molar-refractivity contribution in [3.63, 3.8) is 0 Å². The number of hydrogen-bond donors (Lipinski definition) is 1. The number of rotatable bonds is 6. The number of nitrogens with zero attached hydrogens (tertiary/aromatic N) is 2. The predicted molar refractivity (Wildman–Crippen MR) is 106 cm³/mol. The number of halogens is 1. The Labute approximate surface area is 167 Å². The van der Waals surface area contributed by atoms with Crippen molar-refractivity contribution in [2.75, 3.05) is 12.4 Å². The van der Waals surface area contributed by atoms with E-state index in [0.717, 1.165) is 9.35 Å². The molecule has 0 saturated heterocycles. The lowest BCUT2D eigenvalue weighted by Gasteiger charge is -2.15. The second-order valence-electron chi connectivity index (χ2n) is 5.65. The van der Waals surface area contributed by atoms with Crippen LogP contribution in [-0.2, 0) is 17.8 Å². The molecular formula is C17H16BrN3O3S2. The summed E-state index contributed by atoms with van der Waals surface area (Å²) in [6, 6.07) is 3.61. The number of furan rings is 1. The number of amides is 2. The third kappa shape index (κ3) is 4.60. The molecule has 0 saturated carbocycles. The lowest BCUT2D eigenvalue weighted by Crippen LogP contribution is -2.27. The number of carbonyl (C=O) groups excluding carboxylic acids is 2. The molecule has 6 nitrogen and oxygen atoms in total. The van der Waals surface area contributed by atoms with Crippen molar-refractivity contribution >= 4 is 55.5 Å². The maximum absolute atomic E-state index is 12.4. The van der Waals surface area contributed by atoms with E-state index in [1.54, 1.807) is 41.7 Å². The van der Waals surface area contributed by atoms with Crippen molar-refractivity contribution < 1.29 is 14.0 Å². The summed E-state index contributed by atoms with van der Waals surface area (Å²) in [5, 5.41) is 6.97. The topological polar surface area (TPSA) is 75.4 Å². The molecule has 0 atom stereocenters. The van der Waals surface area contributed by atoms with Gasteiger partial charge in [-0.25, -0.2) is 4.98 Å². The Bertz CT molecular complexity index is 931. The molecule has 2 amide bonds. The quantitative estimate of drug-likeness (QED) is 0.602. The van der Waals surface area contributed by atoms with Gasteiger partial charge in [-0.05, 0) is 35.0 Å². The Morgan fingerprint density at radius 1 is 1.35 bits per heavy atom. The Hall–Kier alpha value is -1.97. The van der Waals surface area contributed by atoms with E-state index in [9.17, 15) is 9.59 Å². The van der Waals surface area contributed by atoms with Crippen molar-refractivity contribution in [3.05, 3.63) is 55.5 Å². The number of carbonyl (C=O) groups is 2. The molecule has 0 aliphatic heterocycles. The summed E-state index contributed by atoms with van der Waals surface area (Å²) >= 11 is 6.31. The molecule has 9 heteroatoms. The van der Waals surface area contributed by atoms with Crippen LogP contribution in [0.1, 0.15) is 26.7 Å². The number of nitrogens with one attached hydrogen (secondary N) is 1. The van der Waals surface area contributed by atoms with Gasteiger partial charge in [0.25, 0.3) is 5.91 Å². The fraction of sp³-hybridized carbons (Fsp3) is 0.235. The Kier molecular flexibility index (Phi) is 5.90. The maximum atomic E-state index is 12.4. The standard InChI is InChI=1S/C17H16BrN3O3S2/c1-10-14(3-4-24-10)16(23)20-17-19-12(9-26-17)6-15(22)21(2)7-13-5-11(18)8-25-13/h3-5,8-9H,6-7H2,1-2H3,(H,19,20,23). The first-order valence-electron chi connectivity index (χ1n) is 7.69. The predicted octanol–water partition coefficient (Wildman–Crippen LogP) is 4.32. The molecular weight excluding hydrogens is 438 g/mol. The van der Waals surface area contributed by atoms with Crippen LogP contribution < -0.4 is 5.32 Å². The van der Waals surface area contributed by atoms with Gasteiger partial charge in [0.1, 0.15) is 5.76 Å². The number of aromatic nitrogens is 1. The first-order valence-corrected chi connectivity index (χ1v) is 10.2. The van der Waals surface area contributed by atoms with Gasteiger partial charge >= 0.3 is 0 Å². The van der Waals surface area contributed by atoms with Crippen molar-refractivity contribution in [2.24, 2.45) is 0 Å². The maximum Gasteiger partial charge on any atom is 0.260 e. The average molecular weight is 454 g/mol. The summed E-state index contributed by atoms with van der Waals surface area (Å²) in [4.78, 5) is 31.6. The number of thiophene rings is 1. The molecule has 1 N–H and O–H groups in total. The summed E-state index contributed by atoms with van der Waals surface area (Å²) in [7, 11) is 1.77. The zero-order valence-corrected chi connectivity index (χ0v) is 17.3. The largest absolute Gasteiger partial charge is 0.469 e. The molecule has 3 aromatic heterocycles. The molecule has 3 aromatic rings. The summed E-state index contributed by atoms with van der Waals surface area (Å²) < 4.78 is 6.15. The summed E-state index contributed by atoms with van der Waals surface area (Å²) in [5.74, 6) is 0.253. The number of likely N-dealkylation sites (N-methyl/N-ethyl adjacent to an activating group) is 1. The molecule has 0 fully saturated rings. The van der Waals surface area contributed by atoms with Gasteiger partial charge in [0.15, 0.2) is 5.13 Å². The fourth-order valence-corrected chi connectivity index (χ4v) is 4.49. The zero-order chi connectivity index (χ0) is 18.7. The van der Waals surface area contributed by atoms with Crippen LogP contribution in [0, 0.1) is 6.92 Å². The monoisotopic (exact) mass is 453 g/mol. The molecule has 26 heavy (non-hydrogen) atoms. The van der Waals surface area contributed by atoms with Crippen LogP contribution in [0.4, 0.5) is 5.13 Å². The number of thiazole rings is 1. The highest BCUT2D eigenvalue weighted by Gasteiger charge is 2.16. The fourth-order valence-electron chi connectivity index (χ4n) is 2.28. The lowest BCUT2D eigenvalue weighted by atomic mass is 10.2. The molecule has 0 aliphatic carbocycles. The van der Waals surface area contributed by atoms with Gasteiger partial charge in [-0.2, -0.15) is 0 Å². The summed E-state index contributed by atoms with van der Waals surface area (Å²) in [5.41, 5.74) is 1.11. The van der Waals surface area contributed by atoms with E-state index in [1.807, 2.05) is 11.4 Å². The van der Waals surface area contributed by atoms with Crippen molar-refractivity contribution in [3.8, 4) is 0 Å². The molecule has 0 aromatic carbocycles. The normalized spacial score (nSPS) is 10.7. The molecule has 0 bridgehead atoms. The van der Waals surface area contributed by atoms with E-state index in [4.69, 9.17) is 4.42 Å². The Morgan fingerprint density at radius 2 is 2.15 bits per heavy atom. The van der Waals surface area contributed by atoms with Crippen molar-refractivity contribution in [1.82, 2.24) is 9.88 Å². The van der Waals surface area contributed by atoms with Crippen LogP contribution in [0.25, 0.3) is 0 Å². The molecule has 3 rings (SSSR count). The second-order valence-corrected chi connectivity index (χ2v) is 8.42. The summed E-state index contributed by atoms with van der Waals surface area (Å²) in [6.07, 6.45) is 1.66. The van der Waals surface area contributed by atoms with E-state index >= 15 is 0 Å². The van der Waals surface area contributed by atoms with E-state index in [0.29, 0.717) is 28.7 Å². The van der Waals surface area contributed by atoms with Gasteiger partial charge in [0.05, 0.1) is 30.5 Å². The molecule has 0 spiro atoms. The van der Waals surface area contributed by atoms with Gasteiger partial charge in [0, 0.05) is 27.2 Å². The van der Waals surface area contributed by atoms with Gasteiger partial charge in [-0.1, -0.05) is 0 Å². The van der Waals surface area contributed by atoms with Crippen LogP contribution in [0.2, 0.25) is 0 Å². The van der Waals surface area contributed by atoms with Gasteiger partial charge in [-0.3, -0.25) is 14.9 Å². The highest BCUT2D eigenvalue weighted by Crippen LogP contribution is 2.22.